The Morgan fingerprint density at radius 3 is 2.73 bits per heavy atom. The molecule has 1 aromatic carbocycles. The molecule has 1 aliphatic heterocycles. The molecule has 26 heavy (non-hydrogen) atoms. The second-order valence-corrected chi connectivity index (χ2v) is 7.26. The highest BCUT2D eigenvalue weighted by Gasteiger charge is 2.31. The lowest BCUT2D eigenvalue weighted by Crippen LogP contribution is -2.44. The Kier molecular flexibility index (Phi) is 5.53. The van der Waals surface area contributed by atoms with Crippen LogP contribution in [0.3, 0.4) is 0 Å². The van der Waals surface area contributed by atoms with E-state index < -0.39 is 0 Å². The van der Waals surface area contributed by atoms with Gasteiger partial charge in [-0.3, -0.25) is 9.59 Å². The van der Waals surface area contributed by atoms with Crippen molar-refractivity contribution in [1.82, 2.24) is 14.7 Å². The molecule has 1 saturated heterocycles. The molecule has 138 valence electrons. The summed E-state index contributed by atoms with van der Waals surface area (Å²) in [6.07, 6.45) is 1.45. The molecule has 0 saturated carbocycles. The Labute approximate surface area is 161 Å². The summed E-state index contributed by atoms with van der Waals surface area (Å²) in [5.41, 5.74) is 7.18. The fourth-order valence-electron chi connectivity index (χ4n) is 3.24. The number of nitrogens with zero attached hydrogens (tertiary/aromatic N) is 3. The highest BCUT2D eigenvalue weighted by molar-refractivity contribution is 6.33. The van der Waals surface area contributed by atoms with E-state index in [-0.39, 0.29) is 22.9 Å². The molecule has 0 bridgehead atoms. The van der Waals surface area contributed by atoms with Crippen LogP contribution in [0.5, 0.6) is 0 Å². The van der Waals surface area contributed by atoms with Gasteiger partial charge in [0.1, 0.15) is 5.15 Å². The molecule has 2 heterocycles. The van der Waals surface area contributed by atoms with Gasteiger partial charge in [-0.1, -0.05) is 41.4 Å². The van der Waals surface area contributed by atoms with Crippen LogP contribution < -0.4 is 5.73 Å². The van der Waals surface area contributed by atoms with Crippen LogP contribution in [0.4, 0.5) is 0 Å². The average Bonchev–Trinajstić information content (AvgIpc) is 2.90. The maximum atomic E-state index is 13.0. The van der Waals surface area contributed by atoms with Crippen LogP contribution in [0.25, 0.3) is 0 Å². The van der Waals surface area contributed by atoms with E-state index in [1.165, 1.54) is 0 Å². The third-order valence-electron chi connectivity index (χ3n) is 4.67. The smallest absolute Gasteiger partial charge is 0.258 e. The van der Waals surface area contributed by atoms with Crippen LogP contribution in [0.15, 0.2) is 24.3 Å². The number of piperidine rings is 1. The Bertz CT molecular complexity index is 850. The Morgan fingerprint density at radius 2 is 2.04 bits per heavy atom. The van der Waals surface area contributed by atoms with E-state index in [0.29, 0.717) is 42.3 Å². The number of hydrogen-bond donors (Lipinski definition) is 1. The molecule has 1 atom stereocenters. The van der Waals surface area contributed by atoms with E-state index in [1.807, 2.05) is 18.2 Å². The van der Waals surface area contributed by atoms with Gasteiger partial charge in [-0.15, -0.1) is 0 Å². The predicted octanol–water partition coefficient (Wildman–Crippen LogP) is 2.88. The number of aromatic nitrogens is 2. The molecular formula is C18H20Cl2N4O2. The van der Waals surface area contributed by atoms with Gasteiger partial charge in [-0.05, 0) is 31.4 Å². The second kappa shape index (κ2) is 7.68. The lowest BCUT2D eigenvalue weighted by Gasteiger charge is -2.31. The molecule has 1 aromatic heterocycles. The van der Waals surface area contributed by atoms with Gasteiger partial charge in [0.2, 0.25) is 5.91 Å². The molecule has 8 heteroatoms. The van der Waals surface area contributed by atoms with Crippen LogP contribution in [0.2, 0.25) is 10.2 Å². The minimum atomic E-state index is -0.375. The molecule has 0 aliphatic carbocycles. The molecule has 3 rings (SSSR count). The van der Waals surface area contributed by atoms with Gasteiger partial charge in [0.25, 0.3) is 5.91 Å². The standard InChI is InChI=1S/C18H20Cl2N4O2/c1-11-15(18(26)23-8-4-6-13(9-23)17(21)25)16(20)24(22-11)10-12-5-2-3-7-14(12)19/h2-3,5,7,13H,4,6,8-10H2,1H3,(H2,21,25). The molecule has 1 fully saturated rings. The summed E-state index contributed by atoms with van der Waals surface area (Å²) in [5.74, 6) is -0.909. The zero-order chi connectivity index (χ0) is 18.8. The SMILES string of the molecule is Cc1nn(Cc2ccccc2Cl)c(Cl)c1C(=O)N1CCCC(C(N)=O)C1. The van der Waals surface area contributed by atoms with E-state index >= 15 is 0 Å². The number of primary amides is 1. The largest absolute Gasteiger partial charge is 0.369 e. The van der Waals surface area contributed by atoms with E-state index in [1.54, 1.807) is 22.6 Å². The fourth-order valence-corrected chi connectivity index (χ4v) is 3.75. The lowest BCUT2D eigenvalue weighted by molar-refractivity contribution is -0.123. The minimum absolute atomic E-state index is 0.219. The van der Waals surface area contributed by atoms with Gasteiger partial charge >= 0.3 is 0 Å². The van der Waals surface area contributed by atoms with Crippen LogP contribution in [-0.4, -0.2) is 39.6 Å². The summed E-state index contributed by atoms with van der Waals surface area (Å²) < 4.78 is 1.57. The number of hydrogen-bond acceptors (Lipinski definition) is 3. The Hall–Kier alpha value is -2.05. The molecule has 0 radical (unpaired) electrons. The Morgan fingerprint density at radius 1 is 1.31 bits per heavy atom. The average molecular weight is 395 g/mol. The van der Waals surface area contributed by atoms with Gasteiger partial charge in [0.05, 0.1) is 23.7 Å². The summed E-state index contributed by atoms with van der Waals surface area (Å²) in [4.78, 5) is 26.0. The quantitative estimate of drug-likeness (QED) is 0.865. The van der Waals surface area contributed by atoms with Crippen molar-refractivity contribution in [2.75, 3.05) is 13.1 Å². The van der Waals surface area contributed by atoms with Gasteiger partial charge in [-0.25, -0.2) is 4.68 Å². The van der Waals surface area contributed by atoms with E-state index in [9.17, 15) is 9.59 Å². The molecule has 0 spiro atoms. The van der Waals surface area contributed by atoms with Crippen molar-refractivity contribution in [1.29, 1.82) is 0 Å². The highest BCUT2D eigenvalue weighted by Crippen LogP contribution is 2.26. The van der Waals surface area contributed by atoms with Crippen LogP contribution in [-0.2, 0) is 11.3 Å². The van der Waals surface area contributed by atoms with Crippen molar-refractivity contribution >= 4 is 35.0 Å². The van der Waals surface area contributed by atoms with E-state index in [0.717, 1.165) is 12.0 Å². The van der Waals surface area contributed by atoms with Gasteiger partial charge in [0.15, 0.2) is 0 Å². The third kappa shape index (κ3) is 3.71. The molecule has 2 aromatic rings. The number of aryl methyl sites for hydroxylation is 1. The van der Waals surface area contributed by atoms with Crippen molar-refractivity contribution in [3.8, 4) is 0 Å². The number of nitrogens with two attached hydrogens (primary N) is 1. The van der Waals surface area contributed by atoms with Gasteiger partial charge in [0, 0.05) is 18.1 Å². The normalized spacial score (nSPS) is 17.3. The topological polar surface area (TPSA) is 81.2 Å². The van der Waals surface area contributed by atoms with Crippen LogP contribution in [0, 0.1) is 12.8 Å². The van der Waals surface area contributed by atoms with Crippen molar-refractivity contribution in [3.63, 3.8) is 0 Å². The number of rotatable bonds is 4. The predicted molar refractivity (Wildman–Crippen MR) is 100 cm³/mol. The summed E-state index contributed by atoms with van der Waals surface area (Å²) in [7, 11) is 0. The number of benzene rings is 1. The minimum Gasteiger partial charge on any atom is -0.369 e. The monoisotopic (exact) mass is 394 g/mol. The number of carbonyl (C=O) groups excluding carboxylic acids is 2. The molecular weight excluding hydrogens is 375 g/mol. The molecule has 2 amide bonds. The molecule has 2 N–H and O–H groups in total. The maximum Gasteiger partial charge on any atom is 0.258 e. The summed E-state index contributed by atoms with van der Waals surface area (Å²) in [6.45, 7) is 3.02. The zero-order valence-corrected chi connectivity index (χ0v) is 15.9. The molecule has 1 unspecified atom stereocenters. The molecule has 6 nitrogen and oxygen atoms in total. The highest BCUT2D eigenvalue weighted by atomic mass is 35.5. The second-order valence-electron chi connectivity index (χ2n) is 6.49. The summed E-state index contributed by atoms with van der Waals surface area (Å²) >= 11 is 12.7. The van der Waals surface area contributed by atoms with E-state index in [4.69, 9.17) is 28.9 Å². The van der Waals surface area contributed by atoms with Crippen molar-refractivity contribution in [2.24, 2.45) is 11.7 Å². The third-order valence-corrected chi connectivity index (χ3v) is 5.42. The van der Waals surface area contributed by atoms with Gasteiger partial charge < -0.3 is 10.6 Å². The fraction of sp³-hybridized carbons (Fsp3) is 0.389. The Balaban J connectivity index is 1.84. The number of halogens is 2. The summed E-state index contributed by atoms with van der Waals surface area (Å²) in [6, 6.07) is 7.42. The lowest BCUT2D eigenvalue weighted by atomic mass is 9.97. The van der Waals surface area contributed by atoms with Crippen molar-refractivity contribution in [2.45, 2.75) is 26.3 Å². The summed E-state index contributed by atoms with van der Waals surface area (Å²) in [5, 5.41) is 5.29. The number of amides is 2. The number of likely N-dealkylation sites (tertiary alicyclic amines) is 1. The molecule has 1 aliphatic rings. The van der Waals surface area contributed by atoms with Crippen molar-refractivity contribution < 1.29 is 9.59 Å². The first-order valence-electron chi connectivity index (χ1n) is 8.43. The van der Waals surface area contributed by atoms with Gasteiger partial charge in [-0.2, -0.15) is 5.10 Å². The first kappa shape index (κ1) is 18.7. The first-order valence-corrected chi connectivity index (χ1v) is 9.19. The van der Waals surface area contributed by atoms with Crippen LogP contribution in [0.1, 0.15) is 34.5 Å². The van der Waals surface area contributed by atoms with E-state index in [2.05, 4.69) is 5.10 Å². The zero-order valence-electron chi connectivity index (χ0n) is 14.4. The van der Waals surface area contributed by atoms with Crippen molar-refractivity contribution in [3.05, 3.63) is 51.3 Å². The maximum absolute atomic E-state index is 13.0. The first-order chi connectivity index (χ1) is 12.4. The number of carbonyl (C=O) groups is 2. The van der Waals surface area contributed by atoms with Crippen LogP contribution >= 0.6 is 23.2 Å².